The van der Waals surface area contributed by atoms with Crippen molar-refractivity contribution in [2.45, 2.75) is 67.1 Å². The lowest BCUT2D eigenvalue weighted by atomic mass is 9.53. The van der Waals surface area contributed by atoms with Gasteiger partial charge in [0.2, 0.25) is 0 Å². The number of para-hydroxylation sites is 2. The second-order valence-electron chi connectivity index (χ2n) is 13.2. The van der Waals surface area contributed by atoms with Crippen LogP contribution in [-0.4, -0.2) is 49.3 Å². The molecule has 3 aromatic rings. The number of likely N-dealkylation sites (N-methyl/N-ethyl adjacent to an activating group) is 2. The molecule has 2 saturated heterocycles. The molecule has 9 rings (SSSR count). The second kappa shape index (κ2) is 7.22. The van der Waals surface area contributed by atoms with Crippen LogP contribution in [0.4, 0.5) is 11.4 Å². The molecule has 4 heteroatoms. The molecule has 0 amide bonds. The van der Waals surface area contributed by atoms with Gasteiger partial charge in [-0.2, -0.15) is 0 Å². The van der Waals surface area contributed by atoms with Crippen molar-refractivity contribution in [1.29, 1.82) is 0 Å². The number of fused-ring (bicyclic) bond motifs is 10. The highest BCUT2D eigenvalue weighted by atomic mass is 15.3. The van der Waals surface area contributed by atoms with E-state index in [0.717, 1.165) is 18.9 Å². The van der Waals surface area contributed by atoms with Gasteiger partial charge in [-0.3, -0.25) is 9.80 Å². The summed E-state index contributed by atoms with van der Waals surface area (Å²) in [7, 11) is 4.66. The molecule has 1 saturated carbocycles. The van der Waals surface area contributed by atoms with E-state index >= 15 is 0 Å². The fourth-order valence-electron chi connectivity index (χ4n) is 10.8. The highest BCUT2D eigenvalue weighted by Crippen LogP contribution is 2.70. The molecular weight excluding hydrogens is 464 g/mol. The molecule has 4 aliphatic heterocycles. The van der Waals surface area contributed by atoms with Crippen molar-refractivity contribution < 1.29 is 0 Å². The van der Waals surface area contributed by atoms with Crippen molar-refractivity contribution in [3.8, 4) is 0 Å². The van der Waals surface area contributed by atoms with E-state index in [0.29, 0.717) is 12.3 Å². The quantitative estimate of drug-likeness (QED) is 0.472. The Labute approximate surface area is 226 Å². The summed E-state index contributed by atoms with van der Waals surface area (Å²) in [4.78, 5) is 5.18. The van der Waals surface area contributed by atoms with E-state index in [1.54, 1.807) is 16.7 Å². The molecule has 2 N–H and O–H groups in total. The molecule has 0 bridgehead atoms. The first-order valence-electron chi connectivity index (χ1n) is 14.9. The first kappa shape index (κ1) is 22.0. The van der Waals surface area contributed by atoms with Gasteiger partial charge in [-0.1, -0.05) is 67.1 Å². The number of hydrogen-bond donors (Lipinski definition) is 2. The molecule has 194 valence electrons. The fourth-order valence-corrected chi connectivity index (χ4v) is 10.8. The van der Waals surface area contributed by atoms with E-state index in [9.17, 15) is 0 Å². The predicted octanol–water partition coefficient (Wildman–Crippen LogP) is 5.68. The number of hydrogen-bond acceptors (Lipinski definition) is 4. The SMILES string of the molecule is CN1CC[C@]2(c3cccc4c3N[C@@H]3N(C)CC[C@]43[C@@]34CCC[C@@H]3Cc3ccccc34)c3ccccc3N[C@H]12. The van der Waals surface area contributed by atoms with Gasteiger partial charge >= 0.3 is 0 Å². The number of rotatable bonds is 2. The Morgan fingerprint density at radius 1 is 0.684 bits per heavy atom. The number of anilines is 2. The van der Waals surface area contributed by atoms with Crippen LogP contribution in [-0.2, 0) is 22.7 Å². The maximum Gasteiger partial charge on any atom is 0.0933 e. The predicted molar refractivity (Wildman–Crippen MR) is 154 cm³/mol. The third-order valence-electron chi connectivity index (χ3n) is 12.1. The Bertz CT molecular complexity index is 1480. The van der Waals surface area contributed by atoms with Crippen LogP contribution in [0.15, 0.2) is 66.7 Å². The zero-order valence-corrected chi connectivity index (χ0v) is 22.6. The summed E-state index contributed by atoms with van der Waals surface area (Å²) in [5.41, 5.74) is 11.0. The molecule has 38 heavy (non-hydrogen) atoms. The molecule has 0 spiro atoms. The third kappa shape index (κ3) is 2.26. The van der Waals surface area contributed by atoms with Crippen LogP contribution in [0.5, 0.6) is 0 Å². The number of nitrogens with one attached hydrogen (secondary N) is 2. The Morgan fingerprint density at radius 3 is 2.34 bits per heavy atom. The van der Waals surface area contributed by atoms with Crippen LogP contribution in [0.2, 0.25) is 0 Å². The van der Waals surface area contributed by atoms with Crippen LogP contribution in [0.25, 0.3) is 0 Å². The van der Waals surface area contributed by atoms with Gasteiger partial charge < -0.3 is 10.6 Å². The van der Waals surface area contributed by atoms with Crippen molar-refractivity contribution >= 4 is 11.4 Å². The maximum atomic E-state index is 4.28. The van der Waals surface area contributed by atoms with E-state index in [4.69, 9.17) is 0 Å². The second-order valence-corrected chi connectivity index (χ2v) is 13.2. The molecule has 2 aliphatic carbocycles. The molecule has 4 nitrogen and oxygen atoms in total. The Balaban J connectivity index is 1.31. The topological polar surface area (TPSA) is 30.5 Å². The largest absolute Gasteiger partial charge is 0.368 e. The molecule has 4 heterocycles. The van der Waals surface area contributed by atoms with E-state index in [1.165, 1.54) is 61.2 Å². The van der Waals surface area contributed by atoms with Gasteiger partial charge in [-0.15, -0.1) is 0 Å². The van der Waals surface area contributed by atoms with Crippen molar-refractivity contribution in [1.82, 2.24) is 9.80 Å². The van der Waals surface area contributed by atoms with Gasteiger partial charge in [0.15, 0.2) is 0 Å². The van der Waals surface area contributed by atoms with E-state index in [1.807, 2.05) is 0 Å². The molecule has 0 aromatic heterocycles. The first-order chi connectivity index (χ1) is 18.6. The fraction of sp³-hybridized carbons (Fsp3) is 0.471. The summed E-state index contributed by atoms with van der Waals surface area (Å²) < 4.78 is 0. The molecule has 3 aromatic carbocycles. The number of likely N-dealkylation sites (tertiary alicyclic amines) is 2. The first-order valence-corrected chi connectivity index (χ1v) is 14.9. The van der Waals surface area contributed by atoms with Crippen molar-refractivity contribution in [3.05, 3.63) is 94.5 Å². The Morgan fingerprint density at radius 2 is 1.42 bits per heavy atom. The molecule has 0 unspecified atom stereocenters. The lowest BCUT2D eigenvalue weighted by molar-refractivity contribution is 0.142. The van der Waals surface area contributed by atoms with Gasteiger partial charge in [0, 0.05) is 35.3 Å². The Kier molecular flexibility index (Phi) is 4.19. The van der Waals surface area contributed by atoms with Gasteiger partial charge in [0.25, 0.3) is 0 Å². The van der Waals surface area contributed by atoms with Gasteiger partial charge in [0.1, 0.15) is 0 Å². The molecular formula is C34H38N4. The molecule has 6 atom stereocenters. The number of nitrogens with zero attached hydrogens (tertiary/aromatic N) is 2. The molecule has 3 fully saturated rings. The summed E-state index contributed by atoms with van der Waals surface area (Å²) in [6.45, 7) is 2.28. The normalized spacial score (nSPS) is 38.2. The van der Waals surface area contributed by atoms with E-state index < -0.39 is 0 Å². The highest BCUT2D eigenvalue weighted by Gasteiger charge is 2.70. The van der Waals surface area contributed by atoms with Gasteiger partial charge in [-0.25, -0.2) is 0 Å². The average molecular weight is 503 g/mol. The molecule has 6 aliphatic rings. The van der Waals surface area contributed by atoms with E-state index in [-0.39, 0.29) is 16.2 Å². The zero-order chi connectivity index (χ0) is 25.3. The monoisotopic (exact) mass is 502 g/mol. The third-order valence-corrected chi connectivity index (χ3v) is 12.1. The van der Waals surface area contributed by atoms with Crippen LogP contribution in [0.1, 0.15) is 59.9 Å². The minimum atomic E-state index is -0.0254. The van der Waals surface area contributed by atoms with Crippen LogP contribution < -0.4 is 10.6 Å². The summed E-state index contributed by atoms with van der Waals surface area (Å²) in [6.07, 6.45) is 8.36. The van der Waals surface area contributed by atoms with Crippen molar-refractivity contribution in [3.63, 3.8) is 0 Å². The van der Waals surface area contributed by atoms with Crippen LogP contribution in [0, 0.1) is 5.92 Å². The summed E-state index contributed by atoms with van der Waals surface area (Å²) in [5, 5.41) is 8.22. The number of benzene rings is 3. The molecule has 0 radical (unpaired) electrons. The summed E-state index contributed by atoms with van der Waals surface area (Å²) in [6, 6.07) is 26.0. The lowest BCUT2D eigenvalue weighted by Crippen LogP contribution is -2.56. The minimum absolute atomic E-state index is 0.0254. The van der Waals surface area contributed by atoms with Crippen LogP contribution in [0.3, 0.4) is 0 Å². The average Bonchev–Trinajstić information content (AvgIpc) is 3.75. The zero-order valence-electron chi connectivity index (χ0n) is 22.6. The van der Waals surface area contributed by atoms with Gasteiger partial charge in [0.05, 0.1) is 17.7 Å². The Hall–Kier alpha value is -2.82. The highest BCUT2D eigenvalue weighted by molar-refractivity contribution is 5.77. The lowest BCUT2D eigenvalue weighted by Gasteiger charge is -2.49. The van der Waals surface area contributed by atoms with Crippen LogP contribution >= 0.6 is 0 Å². The standard InChI is InChI=1S/C34H38N4/c1-37-19-17-32(25-12-5-6-15-28(25)35-30(32)37)26-13-7-14-27-29(26)36-31-34(27,18-20-38(31)2)33-16-8-10-23(33)21-22-9-3-4-11-24(22)33/h3-7,9,11-15,23,30-31,35-36H,8,10,16-21H2,1-2H3/t23-,30-,31-,32-,33+,34+/m1/s1. The van der Waals surface area contributed by atoms with E-state index in [2.05, 4.69) is 101 Å². The van der Waals surface area contributed by atoms with Crippen molar-refractivity contribution in [2.24, 2.45) is 5.92 Å². The van der Waals surface area contributed by atoms with Gasteiger partial charge in [-0.05, 0) is 86.0 Å². The summed E-state index contributed by atoms with van der Waals surface area (Å²) >= 11 is 0. The minimum Gasteiger partial charge on any atom is -0.368 e. The van der Waals surface area contributed by atoms with Crippen molar-refractivity contribution in [2.75, 3.05) is 37.8 Å². The maximum absolute atomic E-state index is 4.28. The smallest absolute Gasteiger partial charge is 0.0933 e. The summed E-state index contributed by atoms with van der Waals surface area (Å²) in [5.74, 6) is 0.753.